The zero-order chi connectivity index (χ0) is 15.2. The van der Waals surface area contributed by atoms with Gasteiger partial charge in [-0.05, 0) is 36.5 Å². The van der Waals surface area contributed by atoms with Crippen molar-refractivity contribution in [1.82, 2.24) is 4.90 Å². The van der Waals surface area contributed by atoms with E-state index in [2.05, 4.69) is 21.8 Å². The largest absolute Gasteiger partial charge is 0.369 e. The summed E-state index contributed by atoms with van der Waals surface area (Å²) in [6.07, 6.45) is 2.38. The van der Waals surface area contributed by atoms with Crippen LogP contribution in [0.1, 0.15) is 25.3 Å². The van der Waals surface area contributed by atoms with Crippen molar-refractivity contribution in [2.45, 2.75) is 26.3 Å². The number of nitrogens with zero attached hydrogens (tertiary/aromatic N) is 3. The number of halogens is 3. The first-order valence-electron chi connectivity index (χ1n) is 7.18. The van der Waals surface area contributed by atoms with Crippen molar-refractivity contribution >= 4 is 48.3 Å². The molecule has 5 nitrogen and oxygen atoms in total. The number of hydrogen-bond donors (Lipinski definition) is 2. The van der Waals surface area contributed by atoms with Crippen LogP contribution in [-0.2, 0) is 6.54 Å². The predicted octanol–water partition coefficient (Wildman–Crippen LogP) is 3.04. The van der Waals surface area contributed by atoms with E-state index in [0.717, 1.165) is 25.1 Å². The summed E-state index contributed by atoms with van der Waals surface area (Å²) in [5, 5.41) is 0.706. The fraction of sp³-hybridized carbons (Fsp3) is 0.467. The summed E-state index contributed by atoms with van der Waals surface area (Å²) in [7, 11) is 0. The van der Waals surface area contributed by atoms with E-state index in [1.807, 2.05) is 24.3 Å². The molecule has 1 saturated heterocycles. The van der Waals surface area contributed by atoms with Gasteiger partial charge in [0.05, 0.1) is 6.54 Å². The van der Waals surface area contributed by atoms with E-state index >= 15 is 0 Å². The highest BCUT2D eigenvalue weighted by molar-refractivity contribution is 6.30. The smallest absolute Gasteiger partial charge is 0.218 e. The Morgan fingerprint density at radius 2 is 1.91 bits per heavy atom. The van der Waals surface area contributed by atoms with Gasteiger partial charge in [-0.2, -0.15) is 4.99 Å². The van der Waals surface area contributed by atoms with Crippen LogP contribution in [0, 0.1) is 5.92 Å². The molecule has 0 spiro atoms. The average Bonchev–Trinajstić information content (AvgIpc) is 2.46. The minimum Gasteiger partial charge on any atom is -0.369 e. The molecule has 8 heteroatoms. The second-order valence-corrected chi connectivity index (χ2v) is 5.90. The Balaban J connectivity index is 0.00000242. The Bertz CT molecular complexity index is 530. The normalized spacial score (nSPS) is 18.9. The Kier molecular flexibility index (Phi) is 10.0. The maximum absolute atomic E-state index is 6.00. The molecule has 0 radical (unpaired) electrons. The number of hydrogen-bond acceptors (Lipinski definition) is 1. The Hall–Kier alpha value is -1.17. The highest BCUT2D eigenvalue weighted by Crippen LogP contribution is 2.15. The SMILES string of the molecule is CC1CCCN(/C(N)=N\C(N)=NCc2ccc(Cl)cc2)C1.Cl.Cl. The minimum absolute atomic E-state index is 0. The molecule has 0 bridgehead atoms. The number of benzene rings is 1. The summed E-state index contributed by atoms with van der Waals surface area (Å²) in [6, 6.07) is 7.49. The van der Waals surface area contributed by atoms with Crippen molar-refractivity contribution in [3.63, 3.8) is 0 Å². The van der Waals surface area contributed by atoms with Gasteiger partial charge in [0.15, 0.2) is 5.96 Å². The van der Waals surface area contributed by atoms with Crippen molar-refractivity contribution in [3.05, 3.63) is 34.9 Å². The van der Waals surface area contributed by atoms with Crippen LogP contribution in [0.25, 0.3) is 0 Å². The van der Waals surface area contributed by atoms with Crippen LogP contribution >= 0.6 is 36.4 Å². The van der Waals surface area contributed by atoms with E-state index in [1.54, 1.807) is 0 Å². The topological polar surface area (TPSA) is 80.0 Å². The van der Waals surface area contributed by atoms with Crippen LogP contribution in [0.3, 0.4) is 0 Å². The monoisotopic (exact) mass is 379 g/mol. The third-order valence-electron chi connectivity index (χ3n) is 3.55. The molecule has 1 unspecified atom stereocenters. The van der Waals surface area contributed by atoms with Crippen LogP contribution in [-0.4, -0.2) is 29.9 Å². The summed E-state index contributed by atoms with van der Waals surface area (Å²) >= 11 is 5.84. The number of guanidine groups is 2. The molecule has 1 heterocycles. The first-order chi connectivity index (χ1) is 10.0. The summed E-state index contributed by atoms with van der Waals surface area (Å²) in [5.41, 5.74) is 12.9. The molecular formula is C15H24Cl3N5. The van der Waals surface area contributed by atoms with Gasteiger partial charge in [-0.15, -0.1) is 24.8 Å². The van der Waals surface area contributed by atoms with E-state index in [1.165, 1.54) is 6.42 Å². The second kappa shape index (κ2) is 10.6. The van der Waals surface area contributed by atoms with Crippen LogP contribution in [0.4, 0.5) is 0 Å². The van der Waals surface area contributed by atoms with E-state index < -0.39 is 0 Å². The molecular weight excluding hydrogens is 357 g/mol. The third kappa shape index (κ3) is 7.29. The number of aliphatic imine (C=N–C) groups is 2. The maximum atomic E-state index is 6.00. The van der Waals surface area contributed by atoms with Crippen LogP contribution < -0.4 is 11.5 Å². The van der Waals surface area contributed by atoms with Gasteiger partial charge in [-0.25, -0.2) is 4.99 Å². The third-order valence-corrected chi connectivity index (χ3v) is 3.80. The zero-order valence-electron chi connectivity index (χ0n) is 13.1. The molecule has 0 saturated carbocycles. The molecule has 1 aliphatic heterocycles. The van der Waals surface area contributed by atoms with Gasteiger partial charge < -0.3 is 16.4 Å². The van der Waals surface area contributed by atoms with Gasteiger partial charge in [0.1, 0.15) is 0 Å². The lowest BCUT2D eigenvalue weighted by atomic mass is 10.0. The molecule has 1 fully saturated rings. The average molecular weight is 381 g/mol. The summed E-state index contributed by atoms with van der Waals surface area (Å²) in [5.74, 6) is 1.30. The quantitative estimate of drug-likeness (QED) is 0.611. The molecule has 1 aromatic rings. The zero-order valence-corrected chi connectivity index (χ0v) is 15.5. The molecule has 130 valence electrons. The van der Waals surface area contributed by atoms with E-state index in [4.69, 9.17) is 23.1 Å². The van der Waals surface area contributed by atoms with Crippen molar-refractivity contribution in [1.29, 1.82) is 0 Å². The number of nitrogens with two attached hydrogens (primary N) is 2. The molecule has 0 aromatic heterocycles. The Labute approximate surface area is 155 Å². The summed E-state index contributed by atoms with van der Waals surface area (Å²) < 4.78 is 0. The highest BCUT2D eigenvalue weighted by Gasteiger charge is 2.17. The van der Waals surface area contributed by atoms with Gasteiger partial charge in [-0.1, -0.05) is 30.7 Å². The molecule has 1 atom stereocenters. The summed E-state index contributed by atoms with van der Waals surface area (Å²) in [6.45, 7) is 4.55. The number of likely N-dealkylation sites (tertiary alicyclic amines) is 1. The molecule has 1 aromatic carbocycles. The number of piperidine rings is 1. The van der Waals surface area contributed by atoms with Crippen molar-refractivity contribution in [2.24, 2.45) is 27.4 Å². The fourth-order valence-electron chi connectivity index (χ4n) is 2.38. The van der Waals surface area contributed by atoms with Crippen LogP contribution in [0.2, 0.25) is 5.02 Å². The van der Waals surface area contributed by atoms with Crippen molar-refractivity contribution < 1.29 is 0 Å². The lowest BCUT2D eigenvalue weighted by Crippen LogP contribution is -2.44. The van der Waals surface area contributed by atoms with Gasteiger partial charge >= 0.3 is 0 Å². The molecule has 0 aliphatic carbocycles. The van der Waals surface area contributed by atoms with E-state index in [0.29, 0.717) is 23.4 Å². The lowest BCUT2D eigenvalue weighted by Gasteiger charge is -2.31. The standard InChI is InChI=1S/C15H22ClN5.2ClH/c1-11-3-2-8-21(10-11)15(18)20-14(17)19-9-12-4-6-13(16)7-5-12;;/h4-7,11H,2-3,8-10H2,1H3,(H4,17,18,19,20);2*1H. The molecule has 4 N–H and O–H groups in total. The predicted molar refractivity (Wildman–Crippen MR) is 103 cm³/mol. The van der Waals surface area contributed by atoms with Crippen molar-refractivity contribution in [2.75, 3.05) is 13.1 Å². The van der Waals surface area contributed by atoms with E-state index in [-0.39, 0.29) is 30.8 Å². The number of rotatable bonds is 2. The minimum atomic E-state index is 0. The Morgan fingerprint density at radius 3 is 2.52 bits per heavy atom. The Morgan fingerprint density at radius 1 is 1.26 bits per heavy atom. The van der Waals surface area contributed by atoms with E-state index in [9.17, 15) is 0 Å². The second-order valence-electron chi connectivity index (χ2n) is 5.46. The van der Waals surface area contributed by atoms with Gasteiger partial charge in [0, 0.05) is 18.1 Å². The summed E-state index contributed by atoms with van der Waals surface area (Å²) in [4.78, 5) is 10.5. The first kappa shape index (κ1) is 21.8. The fourth-order valence-corrected chi connectivity index (χ4v) is 2.51. The van der Waals surface area contributed by atoms with Gasteiger partial charge in [0.25, 0.3) is 0 Å². The van der Waals surface area contributed by atoms with Crippen LogP contribution in [0.5, 0.6) is 0 Å². The molecule has 23 heavy (non-hydrogen) atoms. The van der Waals surface area contributed by atoms with Gasteiger partial charge in [-0.3, -0.25) is 0 Å². The molecule has 2 rings (SSSR count). The van der Waals surface area contributed by atoms with Crippen molar-refractivity contribution in [3.8, 4) is 0 Å². The molecule has 1 aliphatic rings. The lowest BCUT2D eigenvalue weighted by molar-refractivity contribution is 0.271. The highest BCUT2D eigenvalue weighted by atomic mass is 35.5. The van der Waals surface area contributed by atoms with Gasteiger partial charge in [0.2, 0.25) is 5.96 Å². The molecule has 0 amide bonds. The first-order valence-corrected chi connectivity index (χ1v) is 7.56. The van der Waals surface area contributed by atoms with Crippen LogP contribution in [0.15, 0.2) is 34.3 Å². The maximum Gasteiger partial charge on any atom is 0.218 e.